The number of hydrogen-bond acceptors (Lipinski definition) is 4. The normalized spacial score (nSPS) is 16.4. The van der Waals surface area contributed by atoms with Crippen molar-refractivity contribution in [2.75, 3.05) is 38.0 Å². The number of nitrogens with one attached hydrogen (secondary N) is 1. The van der Waals surface area contributed by atoms with Gasteiger partial charge in [0.1, 0.15) is 5.84 Å². The molecule has 1 aliphatic heterocycles. The molecule has 0 unspecified atom stereocenters. The summed E-state index contributed by atoms with van der Waals surface area (Å²) in [5, 5.41) is 7.86. The molecule has 4 nitrogen and oxygen atoms in total. The maximum Gasteiger partial charge on any atom is 0.126 e. The van der Waals surface area contributed by atoms with Crippen LogP contribution in [-0.4, -0.2) is 38.9 Å². The van der Waals surface area contributed by atoms with Crippen molar-refractivity contribution < 1.29 is 4.74 Å². The molecule has 1 aromatic rings. The number of piperidine rings is 1. The lowest BCUT2D eigenvalue weighted by molar-refractivity contribution is 0.139. The van der Waals surface area contributed by atoms with Crippen molar-refractivity contribution >= 4 is 23.3 Å². The number of amidine groups is 1. The highest BCUT2D eigenvalue weighted by Gasteiger charge is 2.22. The third kappa shape index (κ3) is 3.27. The molecule has 1 heterocycles. The standard InChI is InChI=1S/C15H23N3OS/c1-19-10-11-6-8-18(9-7-11)12-4-3-5-13(20-2)14(12)15(16)17/h3-5,11H,6-10H2,1-2H3,(H3,16,17). The van der Waals surface area contributed by atoms with E-state index in [2.05, 4.69) is 17.0 Å². The molecule has 0 aliphatic carbocycles. The lowest BCUT2D eigenvalue weighted by Crippen LogP contribution is -2.36. The zero-order chi connectivity index (χ0) is 14.5. The zero-order valence-electron chi connectivity index (χ0n) is 12.2. The van der Waals surface area contributed by atoms with Gasteiger partial charge in [0.2, 0.25) is 0 Å². The molecule has 1 aromatic carbocycles. The Hall–Kier alpha value is -1.20. The van der Waals surface area contributed by atoms with Crippen LogP contribution in [0.25, 0.3) is 0 Å². The van der Waals surface area contributed by atoms with Crippen molar-refractivity contribution in [1.29, 1.82) is 5.41 Å². The lowest BCUT2D eigenvalue weighted by Gasteiger charge is -2.34. The van der Waals surface area contributed by atoms with Gasteiger partial charge in [-0.25, -0.2) is 0 Å². The number of rotatable bonds is 5. The number of benzene rings is 1. The van der Waals surface area contributed by atoms with Crippen molar-refractivity contribution in [2.45, 2.75) is 17.7 Å². The van der Waals surface area contributed by atoms with Gasteiger partial charge in [0, 0.05) is 37.4 Å². The van der Waals surface area contributed by atoms with Crippen molar-refractivity contribution in [3.63, 3.8) is 0 Å². The Morgan fingerprint density at radius 2 is 2.15 bits per heavy atom. The summed E-state index contributed by atoms with van der Waals surface area (Å²) < 4.78 is 5.24. The third-order valence-corrected chi connectivity index (χ3v) is 4.63. The van der Waals surface area contributed by atoms with Crippen LogP contribution in [0.15, 0.2) is 23.1 Å². The van der Waals surface area contributed by atoms with Crippen LogP contribution in [0.5, 0.6) is 0 Å². The third-order valence-electron chi connectivity index (χ3n) is 3.85. The van der Waals surface area contributed by atoms with Crippen LogP contribution < -0.4 is 10.6 Å². The second kappa shape index (κ2) is 6.99. The minimum Gasteiger partial charge on any atom is -0.384 e. The Balaban J connectivity index is 2.19. The van der Waals surface area contributed by atoms with Gasteiger partial charge in [0.05, 0.1) is 5.56 Å². The predicted molar refractivity (Wildman–Crippen MR) is 86.1 cm³/mol. The number of hydrogen-bond donors (Lipinski definition) is 2. The average Bonchev–Trinajstić information content (AvgIpc) is 2.47. The Bertz CT molecular complexity index is 470. The van der Waals surface area contributed by atoms with Crippen molar-refractivity contribution in [2.24, 2.45) is 11.7 Å². The molecule has 1 fully saturated rings. The first kappa shape index (κ1) is 15.2. The fraction of sp³-hybridized carbons (Fsp3) is 0.533. The first-order chi connectivity index (χ1) is 9.67. The molecule has 0 atom stereocenters. The molecule has 20 heavy (non-hydrogen) atoms. The lowest BCUT2D eigenvalue weighted by atomic mass is 9.96. The Morgan fingerprint density at radius 1 is 1.45 bits per heavy atom. The molecule has 3 N–H and O–H groups in total. The molecule has 110 valence electrons. The number of thioether (sulfide) groups is 1. The van der Waals surface area contributed by atoms with E-state index in [9.17, 15) is 0 Å². The molecule has 0 radical (unpaired) electrons. The first-order valence-corrected chi connectivity index (χ1v) is 8.15. The fourth-order valence-electron chi connectivity index (χ4n) is 2.80. The molecule has 0 saturated carbocycles. The van der Waals surface area contributed by atoms with Crippen LogP contribution >= 0.6 is 11.8 Å². The highest BCUT2D eigenvalue weighted by Crippen LogP contribution is 2.32. The van der Waals surface area contributed by atoms with Gasteiger partial charge in [-0.2, -0.15) is 0 Å². The van der Waals surface area contributed by atoms with E-state index in [1.807, 2.05) is 12.3 Å². The maximum atomic E-state index is 7.86. The molecule has 5 heteroatoms. The summed E-state index contributed by atoms with van der Waals surface area (Å²) in [4.78, 5) is 3.43. The van der Waals surface area contributed by atoms with Gasteiger partial charge in [0.25, 0.3) is 0 Å². The molecule has 2 rings (SSSR count). The maximum absolute atomic E-state index is 7.86. The van der Waals surface area contributed by atoms with Crippen molar-refractivity contribution in [1.82, 2.24) is 0 Å². The quantitative estimate of drug-likeness (QED) is 0.497. The van der Waals surface area contributed by atoms with E-state index in [1.54, 1.807) is 18.9 Å². The highest BCUT2D eigenvalue weighted by molar-refractivity contribution is 7.98. The summed E-state index contributed by atoms with van der Waals surface area (Å²) in [6, 6.07) is 6.16. The fourth-order valence-corrected chi connectivity index (χ4v) is 3.43. The first-order valence-electron chi connectivity index (χ1n) is 6.92. The average molecular weight is 293 g/mol. The number of methoxy groups -OCH3 is 1. The summed E-state index contributed by atoms with van der Waals surface area (Å²) in [6.07, 6.45) is 4.29. The number of nitrogens with two attached hydrogens (primary N) is 1. The minimum atomic E-state index is 0.156. The second-order valence-electron chi connectivity index (χ2n) is 5.15. The van der Waals surface area contributed by atoms with Crippen molar-refractivity contribution in [3.8, 4) is 0 Å². The van der Waals surface area contributed by atoms with Crippen molar-refractivity contribution in [3.05, 3.63) is 23.8 Å². The molecular weight excluding hydrogens is 270 g/mol. The largest absolute Gasteiger partial charge is 0.384 e. The van der Waals surface area contributed by atoms with Crippen LogP contribution in [-0.2, 0) is 4.74 Å². The molecular formula is C15H23N3OS. The van der Waals surface area contributed by atoms with E-state index < -0.39 is 0 Å². The summed E-state index contributed by atoms with van der Waals surface area (Å²) in [5.41, 5.74) is 7.77. The van der Waals surface area contributed by atoms with Crippen LogP contribution in [0.2, 0.25) is 0 Å². The van der Waals surface area contributed by atoms with Crippen LogP contribution in [0.3, 0.4) is 0 Å². The second-order valence-corrected chi connectivity index (χ2v) is 6.00. The van der Waals surface area contributed by atoms with E-state index in [4.69, 9.17) is 15.9 Å². The van der Waals surface area contributed by atoms with Gasteiger partial charge in [-0.15, -0.1) is 11.8 Å². The van der Waals surface area contributed by atoms with Gasteiger partial charge in [-0.1, -0.05) is 6.07 Å². The van der Waals surface area contributed by atoms with Crippen LogP contribution in [0.1, 0.15) is 18.4 Å². The Morgan fingerprint density at radius 3 is 2.70 bits per heavy atom. The zero-order valence-corrected chi connectivity index (χ0v) is 13.0. The highest BCUT2D eigenvalue weighted by atomic mass is 32.2. The SMILES string of the molecule is COCC1CCN(c2cccc(SC)c2C(=N)N)CC1. The summed E-state index contributed by atoms with van der Waals surface area (Å²) in [6.45, 7) is 2.86. The van der Waals surface area contributed by atoms with Gasteiger partial charge in [-0.3, -0.25) is 5.41 Å². The number of ether oxygens (including phenoxy) is 1. The van der Waals surface area contributed by atoms with E-state index in [1.165, 1.54) is 0 Å². The molecule has 0 spiro atoms. The smallest absolute Gasteiger partial charge is 0.126 e. The van der Waals surface area contributed by atoms with Gasteiger partial charge in [0.15, 0.2) is 0 Å². The van der Waals surface area contributed by atoms with E-state index >= 15 is 0 Å². The van der Waals surface area contributed by atoms with Crippen LogP contribution in [0.4, 0.5) is 5.69 Å². The summed E-state index contributed by atoms with van der Waals surface area (Å²) >= 11 is 1.64. The summed E-state index contributed by atoms with van der Waals surface area (Å²) in [7, 11) is 1.77. The molecule has 0 bridgehead atoms. The Kier molecular flexibility index (Phi) is 5.31. The van der Waals surface area contributed by atoms with E-state index in [0.717, 1.165) is 48.7 Å². The predicted octanol–water partition coefficient (Wildman–Crippen LogP) is 2.56. The molecule has 1 aliphatic rings. The molecule has 0 aromatic heterocycles. The minimum absolute atomic E-state index is 0.156. The summed E-state index contributed by atoms with van der Waals surface area (Å²) in [5.74, 6) is 0.810. The van der Waals surface area contributed by atoms with Crippen LogP contribution in [0, 0.1) is 11.3 Å². The number of anilines is 1. The molecule has 0 amide bonds. The van der Waals surface area contributed by atoms with E-state index in [0.29, 0.717) is 5.92 Å². The number of nitrogen functional groups attached to an aromatic ring is 1. The number of nitrogens with zero attached hydrogens (tertiary/aromatic N) is 1. The van der Waals surface area contributed by atoms with E-state index in [-0.39, 0.29) is 5.84 Å². The topological polar surface area (TPSA) is 62.3 Å². The van der Waals surface area contributed by atoms with Gasteiger partial charge in [-0.05, 0) is 37.1 Å². The molecule has 1 saturated heterocycles. The monoisotopic (exact) mass is 293 g/mol. The van der Waals surface area contributed by atoms with Gasteiger partial charge >= 0.3 is 0 Å². The Labute approximate surface area is 125 Å². The van der Waals surface area contributed by atoms with Gasteiger partial charge < -0.3 is 15.4 Å².